The molecule has 0 radical (unpaired) electrons. The van der Waals surface area contributed by atoms with E-state index in [1.54, 1.807) is 6.92 Å². The first-order chi connectivity index (χ1) is 10.2. The second-order valence-electron chi connectivity index (χ2n) is 4.42. The molecule has 2 rings (SSSR count). The first-order valence-corrected chi connectivity index (χ1v) is 7.45. The van der Waals surface area contributed by atoms with Gasteiger partial charge in [-0.15, -0.1) is 0 Å². The fourth-order valence-electron chi connectivity index (χ4n) is 1.93. The van der Waals surface area contributed by atoms with E-state index < -0.39 is 28.0 Å². The lowest BCUT2D eigenvalue weighted by Gasteiger charge is -2.10. The highest BCUT2D eigenvalue weighted by atomic mass is 79.9. The predicted octanol–water partition coefficient (Wildman–Crippen LogP) is 4.94. The summed E-state index contributed by atoms with van der Waals surface area (Å²) in [5, 5.41) is 10.9. The average Bonchev–Trinajstić information content (AvgIpc) is 2.40. The summed E-state index contributed by atoms with van der Waals surface area (Å²) < 4.78 is 26.8. The van der Waals surface area contributed by atoms with Crippen LogP contribution in [0, 0.1) is 28.7 Å². The maximum atomic E-state index is 13.7. The third kappa shape index (κ3) is 2.93. The molecule has 0 saturated carbocycles. The van der Waals surface area contributed by atoms with Crippen LogP contribution >= 0.6 is 31.9 Å². The van der Waals surface area contributed by atoms with Gasteiger partial charge in [0.25, 0.3) is 0 Å². The molecule has 0 spiro atoms. The molecule has 0 aliphatic heterocycles. The van der Waals surface area contributed by atoms with Crippen molar-refractivity contribution in [3.8, 4) is 0 Å². The molecule has 0 bridgehead atoms. The van der Waals surface area contributed by atoms with Crippen molar-refractivity contribution in [2.24, 2.45) is 0 Å². The van der Waals surface area contributed by atoms with Gasteiger partial charge in [-0.05, 0) is 62.5 Å². The zero-order chi connectivity index (χ0) is 16.6. The number of benzene rings is 2. The van der Waals surface area contributed by atoms with Gasteiger partial charge in [-0.1, -0.05) is 6.07 Å². The van der Waals surface area contributed by atoms with Crippen molar-refractivity contribution in [1.82, 2.24) is 0 Å². The molecule has 0 heterocycles. The lowest BCUT2D eigenvalue weighted by Crippen LogP contribution is -2.09. The first-order valence-electron chi connectivity index (χ1n) is 5.86. The van der Waals surface area contributed by atoms with Crippen LogP contribution in [0.2, 0.25) is 0 Å². The van der Waals surface area contributed by atoms with Gasteiger partial charge in [-0.25, -0.2) is 4.39 Å². The van der Waals surface area contributed by atoms with E-state index in [0.29, 0.717) is 5.56 Å². The minimum Gasteiger partial charge on any atom is -0.289 e. The van der Waals surface area contributed by atoms with E-state index in [2.05, 4.69) is 31.9 Å². The number of nitro groups is 1. The number of carbonyl (C=O) groups is 1. The summed E-state index contributed by atoms with van der Waals surface area (Å²) in [7, 11) is 0. The monoisotopic (exact) mass is 433 g/mol. The van der Waals surface area contributed by atoms with Crippen molar-refractivity contribution in [2.45, 2.75) is 6.92 Å². The van der Waals surface area contributed by atoms with Crippen molar-refractivity contribution in [3.63, 3.8) is 0 Å². The summed E-state index contributed by atoms with van der Waals surface area (Å²) in [5.41, 5.74) is -0.443. The molecule has 22 heavy (non-hydrogen) atoms. The van der Waals surface area contributed by atoms with Crippen LogP contribution in [0.1, 0.15) is 21.5 Å². The molecule has 114 valence electrons. The summed E-state index contributed by atoms with van der Waals surface area (Å²) in [6.07, 6.45) is 0. The standard InChI is InChI=1S/C14H7Br2F2NO3/c1-6-2-3-7(17)4-8(6)14(20)11-9(15)5-10(18)13(12(11)16)19(21)22/h2-5H,1H3. The van der Waals surface area contributed by atoms with Crippen LogP contribution < -0.4 is 0 Å². The van der Waals surface area contributed by atoms with Crippen LogP contribution in [0.3, 0.4) is 0 Å². The number of halogens is 4. The second-order valence-corrected chi connectivity index (χ2v) is 6.07. The fourth-order valence-corrected chi connectivity index (χ4v) is 3.50. The number of ketones is 1. The summed E-state index contributed by atoms with van der Waals surface area (Å²) in [6.45, 7) is 1.60. The third-order valence-corrected chi connectivity index (χ3v) is 4.40. The molecule has 0 aliphatic rings. The van der Waals surface area contributed by atoms with Crippen LogP contribution in [0.5, 0.6) is 0 Å². The molecule has 0 aliphatic carbocycles. The Hall–Kier alpha value is -1.67. The Morgan fingerprint density at radius 1 is 1.23 bits per heavy atom. The highest BCUT2D eigenvalue weighted by Crippen LogP contribution is 2.37. The number of hydrogen-bond acceptors (Lipinski definition) is 3. The molecular formula is C14H7Br2F2NO3. The molecule has 0 N–H and O–H groups in total. The summed E-state index contributed by atoms with van der Waals surface area (Å²) in [4.78, 5) is 22.6. The van der Waals surface area contributed by atoms with Crippen molar-refractivity contribution in [3.05, 3.63) is 71.7 Å². The number of carbonyl (C=O) groups excluding carboxylic acids is 1. The predicted molar refractivity (Wildman–Crippen MR) is 83.0 cm³/mol. The van der Waals surface area contributed by atoms with E-state index in [1.165, 1.54) is 12.1 Å². The van der Waals surface area contributed by atoms with E-state index >= 15 is 0 Å². The SMILES string of the molecule is Cc1ccc(F)cc1C(=O)c1c(Br)cc(F)c([N+](=O)[O-])c1Br. The quantitative estimate of drug-likeness (QED) is 0.390. The fraction of sp³-hybridized carbons (Fsp3) is 0.0714. The van der Waals surface area contributed by atoms with Crippen LogP contribution in [-0.2, 0) is 0 Å². The van der Waals surface area contributed by atoms with Gasteiger partial charge in [0.2, 0.25) is 5.82 Å². The Morgan fingerprint density at radius 3 is 2.45 bits per heavy atom. The molecule has 4 nitrogen and oxygen atoms in total. The van der Waals surface area contributed by atoms with Crippen LogP contribution in [-0.4, -0.2) is 10.7 Å². The average molecular weight is 435 g/mol. The molecular weight excluding hydrogens is 428 g/mol. The van der Waals surface area contributed by atoms with Crippen molar-refractivity contribution in [2.75, 3.05) is 0 Å². The van der Waals surface area contributed by atoms with Gasteiger partial charge < -0.3 is 0 Å². The number of nitrogens with zero attached hydrogens (tertiary/aromatic N) is 1. The van der Waals surface area contributed by atoms with Crippen LogP contribution in [0.4, 0.5) is 14.5 Å². The molecule has 2 aromatic rings. The summed E-state index contributed by atoms with van der Waals surface area (Å²) >= 11 is 5.91. The van der Waals surface area contributed by atoms with Gasteiger partial charge in [-0.3, -0.25) is 14.9 Å². The molecule has 8 heteroatoms. The van der Waals surface area contributed by atoms with Crippen LogP contribution in [0.25, 0.3) is 0 Å². The lowest BCUT2D eigenvalue weighted by atomic mass is 9.98. The highest BCUT2D eigenvalue weighted by molar-refractivity contribution is 9.11. The van der Waals surface area contributed by atoms with Gasteiger partial charge in [0.15, 0.2) is 5.78 Å². The molecule has 0 unspecified atom stereocenters. The van der Waals surface area contributed by atoms with Gasteiger partial charge in [-0.2, -0.15) is 4.39 Å². The topological polar surface area (TPSA) is 60.2 Å². The van der Waals surface area contributed by atoms with Crippen molar-refractivity contribution in [1.29, 1.82) is 0 Å². The number of aryl methyl sites for hydroxylation is 1. The normalized spacial score (nSPS) is 10.6. The summed E-state index contributed by atoms with van der Waals surface area (Å²) in [5.74, 6) is -2.35. The maximum absolute atomic E-state index is 13.7. The summed E-state index contributed by atoms with van der Waals surface area (Å²) in [6, 6.07) is 4.49. The highest BCUT2D eigenvalue weighted by Gasteiger charge is 2.29. The number of hydrogen-bond donors (Lipinski definition) is 0. The van der Waals surface area contributed by atoms with Gasteiger partial charge in [0.1, 0.15) is 10.3 Å². The Morgan fingerprint density at radius 2 is 1.86 bits per heavy atom. The number of rotatable bonds is 3. The molecule has 2 aromatic carbocycles. The van der Waals surface area contributed by atoms with Gasteiger partial charge in [0.05, 0.1) is 10.5 Å². The lowest BCUT2D eigenvalue weighted by molar-refractivity contribution is -0.388. The Bertz CT molecular complexity index is 809. The van der Waals surface area contributed by atoms with E-state index in [0.717, 1.165) is 12.1 Å². The van der Waals surface area contributed by atoms with Gasteiger partial charge in [0, 0.05) is 10.0 Å². The number of nitro benzene ring substituents is 1. The molecule has 0 aromatic heterocycles. The largest absolute Gasteiger partial charge is 0.319 e. The maximum Gasteiger partial charge on any atom is 0.319 e. The Labute approximate surface area is 140 Å². The Balaban J connectivity index is 2.72. The van der Waals surface area contributed by atoms with Gasteiger partial charge >= 0.3 is 5.69 Å². The third-order valence-electron chi connectivity index (χ3n) is 3.00. The zero-order valence-electron chi connectivity index (χ0n) is 11.0. The Kier molecular flexibility index (Phi) is 4.72. The molecule has 0 amide bonds. The molecule has 0 fully saturated rings. The van der Waals surface area contributed by atoms with E-state index in [9.17, 15) is 23.7 Å². The molecule has 0 saturated heterocycles. The van der Waals surface area contributed by atoms with E-state index in [-0.39, 0.29) is 20.1 Å². The minimum atomic E-state index is -1.09. The van der Waals surface area contributed by atoms with Crippen LogP contribution in [0.15, 0.2) is 33.2 Å². The van der Waals surface area contributed by atoms with E-state index in [4.69, 9.17) is 0 Å². The van der Waals surface area contributed by atoms with Crippen molar-refractivity contribution < 1.29 is 18.5 Å². The first kappa shape index (κ1) is 16.7. The minimum absolute atomic E-state index is 0.0381. The second kappa shape index (κ2) is 6.21. The zero-order valence-corrected chi connectivity index (χ0v) is 14.2. The van der Waals surface area contributed by atoms with E-state index in [1.807, 2.05) is 0 Å². The smallest absolute Gasteiger partial charge is 0.289 e. The molecule has 0 atom stereocenters. The van der Waals surface area contributed by atoms with Crippen molar-refractivity contribution >= 4 is 43.3 Å².